The van der Waals surface area contributed by atoms with Crippen molar-refractivity contribution in [1.29, 1.82) is 0 Å². The molecule has 1 amide bonds. The Balaban J connectivity index is 1.48. The number of hydrogen-bond acceptors (Lipinski definition) is 3. The fraction of sp³-hybridized carbons (Fsp3) is 0.471. The molecule has 0 spiro atoms. The number of carbonyl (C=O) groups is 1. The topological polar surface area (TPSA) is 55.1 Å². The highest BCUT2D eigenvalue weighted by molar-refractivity contribution is 7.80. The fourth-order valence-corrected chi connectivity index (χ4v) is 2.68. The second-order valence-corrected chi connectivity index (χ2v) is 6.11. The minimum absolute atomic E-state index is 0.103. The zero-order chi connectivity index (χ0) is 15.1. The largest absolute Gasteiger partial charge is 0.384 e. The molecule has 3 nitrogen and oxygen atoms in total. The van der Waals surface area contributed by atoms with Crippen LogP contribution in [0.25, 0.3) is 0 Å². The van der Waals surface area contributed by atoms with E-state index >= 15 is 0 Å². The molecule has 0 bridgehead atoms. The number of thiol groups is 1. The molecular formula is C17H24N2OS. The summed E-state index contributed by atoms with van der Waals surface area (Å²) in [5.74, 6) is 0.364. The summed E-state index contributed by atoms with van der Waals surface area (Å²) in [7, 11) is 0. The average Bonchev–Trinajstić information content (AvgIpc) is 3.23. The van der Waals surface area contributed by atoms with Crippen molar-refractivity contribution in [2.75, 3.05) is 11.9 Å². The van der Waals surface area contributed by atoms with E-state index in [9.17, 15) is 4.79 Å². The second kappa shape index (κ2) is 8.13. The molecule has 1 aromatic carbocycles. The molecule has 0 heterocycles. The van der Waals surface area contributed by atoms with Crippen molar-refractivity contribution in [3.8, 4) is 0 Å². The SMILES string of the molecule is NC(=O)C1CC1/C=C/CCCCCNc1ccccc1S. The van der Waals surface area contributed by atoms with Crippen LogP contribution >= 0.6 is 12.6 Å². The molecule has 1 aliphatic rings. The predicted molar refractivity (Wildman–Crippen MR) is 90.6 cm³/mol. The van der Waals surface area contributed by atoms with Gasteiger partial charge in [0, 0.05) is 23.0 Å². The van der Waals surface area contributed by atoms with Crippen LogP contribution in [0.5, 0.6) is 0 Å². The number of rotatable bonds is 9. The molecule has 1 aromatic rings. The smallest absolute Gasteiger partial charge is 0.221 e. The Bertz CT molecular complexity index is 501. The van der Waals surface area contributed by atoms with Crippen molar-refractivity contribution in [3.63, 3.8) is 0 Å². The molecular weight excluding hydrogens is 280 g/mol. The van der Waals surface area contributed by atoms with Crippen LogP contribution in [-0.2, 0) is 4.79 Å². The number of carbonyl (C=O) groups excluding carboxylic acids is 1. The minimum atomic E-state index is -0.153. The summed E-state index contributed by atoms with van der Waals surface area (Å²) in [4.78, 5) is 11.9. The predicted octanol–water partition coefficient (Wildman–Crippen LogP) is 3.63. The highest BCUT2D eigenvalue weighted by Crippen LogP contribution is 2.39. The summed E-state index contributed by atoms with van der Waals surface area (Å²) in [6, 6.07) is 8.05. The van der Waals surface area contributed by atoms with Crippen LogP contribution < -0.4 is 11.1 Å². The van der Waals surface area contributed by atoms with Crippen LogP contribution in [0.4, 0.5) is 5.69 Å². The molecule has 21 heavy (non-hydrogen) atoms. The van der Waals surface area contributed by atoms with Crippen molar-refractivity contribution >= 4 is 24.2 Å². The van der Waals surface area contributed by atoms with Gasteiger partial charge in [-0.05, 0) is 43.7 Å². The van der Waals surface area contributed by atoms with Crippen LogP contribution in [0, 0.1) is 11.8 Å². The van der Waals surface area contributed by atoms with E-state index in [2.05, 4.69) is 36.2 Å². The maximum Gasteiger partial charge on any atom is 0.221 e. The Kier molecular flexibility index (Phi) is 6.18. The van der Waals surface area contributed by atoms with Gasteiger partial charge in [0.15, 0.2) is 0 Å². The average molecular weight is 304 g/mol. The molecule has 1 saturated carbocycles. The van der Waals surface area contributed by atoms with Crippen LogP contribution in [0.1, 0.15) is 32.1 Å². The Morgan fingerprint density at radius 2 is 2.14 bits per heavy atom. The van der Waals surface area contributed by atoms with E-state index < -0.39 is 0 Å². The zero-order valence-electron chi connectivity index (χ0n) is 12.3. The van der Waals surface area contributed by atoms with E-state index in [4.69, 9.17) is 5.73 Å². The van der Waals surface area contributed by atoms with Crippen LogP contribution in [0.3, 0.4) is 0 Å². The van der Waals surface area contributed by atoms with Crippen LogP contribution in [-0.4, -0.2) is 12.5 Å². The van der Waals surface area contributed by atoms with E-state index in [0.717, 1.165) is 36.4 Å². The van der Waals surface area contributed by atoms with Gasteiger partial charge in [-0.2, -0.15) is 0 Å². The number of hydrogen-bond donors (Lipinski definition) is 3. The third-order valence-electron chi connectivity index (χ3n) is 3.86. The van der Waals surface area contributed by atoms with Gasteiger partial charge >= 0.3 is 0 Å². The molecule has 1 aliphatic carbocycles. The molecule has 0 aliphatic heterocycles. The van der Waals surface area contributed by atoms with Gasteiger partial charge in [-0.1, -0.05) is 30.7 Å². The molecule has 3 N–H and O–H groups in total. The number of nitrogens with one attached hydrogen (secondary N) is 1. The van der Waals surface area contributed by atoms with Crippen molar-refractivity contribution in [2.45, 2.75) is 37.0 Å². The van der Waals surface area contributed by atoms with Crippen molar-refractivity contribution < 1.29 is 4.79 Å². The van der Waals surface area contributed by atoms with Gasteiger partial charge in [0.05, 0.1) is 0 Å². The standard InChI is InChI=1S/C17H24N2OS/c18-17(20)14-12-13(14)8-4-2-1-3-7-11-19-15-9-5-6-10-16(15)21/h4-6,8-10,13-14,19,21H,1-3,7,11-12H2,(H2,18,20)/b8-4+. The Labute approximate surface area is 132 Å². The number of para-hydroxylation sites is 1. The lowest BCUT2D eigenvalue weighted by atomic mass is 10.1. The molecule has 4 heteroatoms. The van der Waals surface area contributed by atoms with Gasteiger partial charge in [-0.3, -0.25) is 4.79 Å². The van der Waals surface area contributed by atoms with Crippen LogP contribution in [0.15, 0.2) is 41.3 Å². The summed E-state index contributed by atoms with van der Waals surface area (Å²) in [5.41, 5.74) is 6.35. The molecule has 2 rings (SSSR count). The molecule has 0 radical (unpaired) electrons. The number of anilines is 1. The third-order valence-corrected chi connectivity index (χ3v) is 4.25. The van der Waals surface area contributed by atoms with Gasteiger partial charge in [0.2, 0.25) is 5.91 Å². The fourth-order valence-electron chi connectivity index (χ4n) is 2.44. The summed E-state index contributed by atoms with van der Waals surface area (Å²) in [6.45, 7) is 0.980. The summed E-state index contributed by atoms with van der Waals surface area (Å²) < 4.78 is 0. The second-order valence-electron chi connectivity index (χ2n) is 5.63. The maximum absolute atomic E-state index is 10.9. The first-order valence-corrected chi connectivity index (χ1v) is 8.11. The van der Waals surface area contributed by atoms with E-state index in [0.29, 0.717) is 5.92 Å². The van der Waals surface area contributed by atoms with E-state index in [1.165, 1.54) is 12.8 Å². The van der Waals surface area contributed by atoms with Gasteiger partial charge in [0.25, 0.3) is 0 Å². The lowest BCUT2D eigenvalue weighted by Gasteiger charge is -2.08. The lowest BCUT2D eigenvalue weighted by Crippen LogP contribution is -2.13. The van der Waals surface area contributed by atoms with Crippen molar-refractivity contribution in [2.24, 2.45) is 17.6 Å². The summed E-state index contributed by atoms with van der Waals surface area (Å²) in [5, 5.41) is 3.40. The number of allylic oxidation sites excluding steroid dienone is 2. The van der Waals surface area contributed by atoms with E-state index in [-0.39, 0.29) is 11.8 Å². The van der Waals surface area contributed by atoms with Gasteiger partial charge in [-0.15, -0.1) is 12.6 Å². The number of unbranched alkanes of at least 4 members (excludes halogenated alkanes) is 3. The lowest BCUT2D eigenvalue weighted by molar-refractivity contribution is -0.119. The minimum Gasteiger partial charge on any atom is -0.384 e. The zero-order valence-corrected chi connectivity index (χ0v) is 13.2. The summed E-state index contributed by atoms with van der Waals surface area (Å²) >= 11 is 4.41. The summed E-state index contributed by atoms with van der Waals surface area (Å²) in [6.07, 6.45) is 9.94. The molecule has 0 saturated heterocycles. The number of amides is 1. The van der Waals surface area contributed by atoms with E-state index in [1.807, 2.05) is 18.2 Å². The molecule has 0 aromatic heterocycles. The highest BCUT2D eigenvalue weighted by Gasteiger charge is 2.39. The first kappa shape index (κ1) is 16.0. The number of benzene rings is 1. The monoisotopic (exact) mass is 304 g/mol. The van der Waals surface area contributed by atoms with Gasteiger partial charge < -0.3 is 11.1 Å². The maximum atomic E-state index is 10.9. The first-order chi connectivity index (χ1) is 10.2. The molecule has 2 unspecified atom stereocenters. The van der Waals surface area contributed by atoms with Crippen LogP contribution in [0.2, 0.25) is 0 Å². The Morgan fingerprint density at radius 1 is 1.33 bits per heavy atom. The highest BCUT2D eigenvalue weighted by atomic mass is 32.1. The Morgan fingerprint density at radius 3 is 2.86 bits per heavy atom. The van der Waals surface area contributed by atoms with Gasteiger partial charge in [-0.25, -0.2) is 0 Å². The van der Waals surface area contributed by atoms with E-state index in [1.54, 1.807) is 0 Å². The van der Waals surface area contributed by atoms with Gasteiger partial charge in [0.1, 0.15) is 0 Å². The van der Waals surface area contributed by atoms with Crippen molar-refractivity contribution in [3.05, 3.63) is 36.4 Å². The van der Waals surface area contributed by atoms with Crippen molar-refractivity contribution in [1.82, 2.24) is 0 Å². The molecule has 2 atom stereocenters. The quantitative estimate of drug-likeness (QED) is 0.371. The molecule has 1 fully saturated rings. The molecule has 114 valence electrons. The first-order valence-electron chi connectivity index (χ1n) is 7.66. The third kappa shape index (κ3) is 5.46. The Hall–Kier alpha value is -1.42. The normalized spacial score (nSPS) is 20.6. The number of nitrogens with two attached hydrogens (primary N) is 1. The number of primary amides is 1.